The fourth-order valence-corrected chi connectivity index (χ4v) is 3.15. The Morgan fingerprint density at radius 2 is 1.85 bits per heavy atom. The van der Waals surface area contributed by atoms with Crippen molar-refractivity contribution in [1.29, 1.82) is 0 Å². The van der Waals surface area contributed by atoms with E-state index in [4.69, 9.17) is 0 Å². The molecule has 6 heteroatoms. The summed E-state index contributed by atoms with van der Waals surface area (Å²) in [6.45, 7) is 2.01. The smallest absolute Gasteiger partial charge is 0.168 e. The molecule has 0 aliphatic heterocycles. The van der Waals surface area contributed by atoms with E-state index in [2.05, 4.69) is 26.0 Å². The minimum Gasteiger partial charge on any atom is -0.296 e. The molecular weight excluding hydrogens is 397 g/mol. The molecule has 0 bridgehead atoms. The highest BCUT2D eigenvalue weighted by atomic mass is 79.9. The maximum atomic E-state index is 14.3. The van der Waals surface area contributed by atoms with Crippen LogP contribution in [0.25, 0.3) is 28.2 Å². The molecule has 0 amide bonds. The molecule has 4 nitrogen and oxygen atoms in total. The summed E-state index contributed by atoms with van der Waals surface area (Å²) in [6.07, 6.45) is 0.699. The highest BCUT2D eigenvalue weighted by Gasteiger charge is 2.14. The third-order valence-corrected chi connectivity index (χ3v) is 4.62. The van der Waals surface area contributed by atoms with Crippen molar-refractivity contribution in [2.45, 2.75) is 6.92 Å². The van der Waals surface area contributed by atoms with Gasteiger partial charge in [-0.15, -0.1) is 0 Å². The molecule has 0 aliphatic rings. The fourth-order valence-electron chi connectivity index (χ4n) is 2.81. The topological polar surface area (TPSA) is 47.3 Å². The second-order valence-corrected chi connectivity index (χ2v) is 6.89. The standard InChI is InChI=1S/C20H13BrFN3O/c1-12-2-4-13(5-3-12)19-9-15(11-26)23-20-10-18(24-25(19)20)16-7-6-14(21)8-17(16)22/h2-11H,1H3. The molecular formula is C20H13BrFN3O. The zero-order valence-corrected chi connectivity index (χ0v) is 15.4. The summed E-state index contributed by atoms with van der Waals surface area (Å²) < 4.78 is 16.6. The number of fused-ring (bicyclic) bond motifs is 1. The van der Waals surface area contributed by atoms with Gasteiger partial charge in [0.1, 0.15) is 11.5 Å². The average Bonchev–Trinajstić information content (AvgIpc) is 3.05. The van der Waals surface area contributed by atoms with Crippen molar-refractivity contribution in [3.8, 4) is 22.5 Å². The molecule has 0 fully saturated rings. The van der Waals surface area contributed by atoms with Crippen LogP contribution in [0.2, 0.25) is 0 Å². The van der Waals surface area contributed by atoms with Gasteiger partial charge in [-0.05, 0) is 31.2 Å². The number of halogens is 2. The lowest BCUT2D eigenvalue weighted by Crippen LogP contribution is -2.00. The van der Waals surface area contributed by atoms with E-state index in [-0.39, 0.29) is 5.82 Å². The lowest BCUT2D eigenvalue weighted by atomic mass is 10.1. The molecule has 0 spiro atoms. The Balaban J connectivity index is 1.96. The Bertz CT molecular complexity index is 1140. The first-order chi connectivity index (χ1) is 12.5. The minimum atomic E-state index is -0.379. The van der Waals surface area contributed by atoms with E-state index >= 15 is 0 Å². The van der Waals surface area contributed by atoms with E-state index in [1.165, 1.54) is 6.07 Å². The molecule has 2 aromatic carbocycles. The second kappa shape index (κ2) is 6.46. The van der Waals surface area contributed by atoms with Gasteiger partial charge in [0, 0.05) is 21.7 Å². The number of carbonyl (C=O) groups is 1. The Morgan fingerprint density at radius 3 is 2.54 bits per heavy atom. The van der Waals surface area contributed by atoms with E-state index in [9.17, 15) is 9.18 Å². The molecule has 0 atom stereocenters. The number of aromatic nitrogens is 3. The number of hydrogen-bond acceptors (Lipinski definition) is 3. The summed E-state index contributed by atoms with van der Waals surface area (Å²) in [7, 11) is 0. The molecule has 0 radical (unpaired) electrons. The molecule has 0 saturated carbocycles. The number of benzene rings is 2. The largest absolute Gasteiger partial charge is 0.296 e. The number of carbonyl (C=O) groups excluding carboxylic acids is 1. The SMILES string of the molecule is Cc1ccc(-c2cc(C=O)nc3cc(-c4ccc(Br)cc4F)nn23)cc1. The Hall–Kier alpha value is -2.86. The zero-order chi connectivity index (χ0) is 18.3. The quantitative estimate of drug-likeness (QED) is 0.443. The van der Waals surface area contributed by atoms with Gasteiger partial charge in [-0.25, -0.2) is 13.9 Å². The predicted molar refractivity (Wildman–Crippen MR) is 102 cm³/mol. The Morgan fingerprint density at radius 1 is 1.08 bits per heavy atom. The maximum Gasteiger partial charge on any atom is 0.168 e. The first-order valence-electron chi connectivity index (χ1n) is 7.93. The van der Waals surface area contributed by atoms with Gasteiger partial charge < -0.3 is 0 Å². The number of hydrogen-bond donors (Lipinski definition) is 0. The van der Waals surface area contributed by atoms with Crippen LogP contribution in [-0.2, 0) is 0 Å². The van der Waals surface area contributed by atoms with Crippen molar-refractivity contribution >= 4 is 27.9 Å². The van der Waals surface area contributed by atoms with Gasteiger partial charge in [-0.3, -0.25) is 4.79 Å². The average molecular weight is 410 g/mol. The molecule has 0 N–H and O–H groups in total. The van der Waals surface area contributed by atoms with Crippen molar-refractivity contribution in [2.75, 3.05) is 0 Å². The first kappa shape index (κ1) is 16.6. The van der Waals surface area contributed by atoms with Crippen molar-refractivity contribution in [3.05, 3.63) is 76.1 Å². The third kappa shape index (κ3) is 2.93. The summed E-state index contributed by atoms with van der Waals surface area (Å²) in [6, 6.07) is 16.1. The lowest BCUT2D eigenvalue weighted by molar-refractivity contribution is 0.111. The molecule has 2 heterocycles. The Kier molecular flexibility index (Phi) is 4.12. The van der Waals surface area contributed by atoms with Crippen LogP contribution in [0.5, 0.6) is 0 Å². The highest BCUT2D eigenvalue weighted by molar-refractivity contribution is 9.10. The van der Waals surface area contributed by atoms with E-state index < -0.39 is 0 Å². The van der Waals surface area contributed by atoms with Crippen LogP contribution >= 0.6 is 15.9 Å². The number of rotatable bonds is 3. The van der Waals surface area contributed by atoms with Crippen LogP contribution in [0.4, 0.5) is 4.39 Å². The molecule has 128 valence electrons. The van der Waals surface area contributed by atoms with E-state index in [0.29, 0.717) is 33.4 Å². The first-order valence-corrected chi connectivity index (χ1v) is 8.73. The van der Waals surface area contributed by atoms with Gasteiger partial charge in [0.25, 0.3) is 0 Å². The predicted octanol–water partition coefficient (Wildman–Crippen LogP) is 5.09. The van der Waals surface area contributed by atoms with Crippen LogP contribution < -0.4 is 0 Å². The molecule has 0 unspecified atom stereocenters. The monoisotopic (exact) mass is 409 g/mol. The zero-order valence-electron chi connectivity index (χ0n) is 13.8. The van der Waals surface area contributed by atoms with Gasteiger partial charge in [0.2, 0.25) is 0 Å². The molecule has 26 heavy (non-hydrogen) atoms. The van der Waals surface area contributed by atoms with Crippen molar-refractivity contribution < 1.29 is 9.18 Å². The summed E-state index contributed by atoms with van der Waals surface area (Å²) in [4.78, 5) is 15.6. The number of aldehydes is 1. The van der Waals surface area contributed by atoms with Crippen LogP contribution in [0.3, 0.4) is 0 Å². The Labute approximate surface area is 157 Å². The molecule has 0 aliphatic carbocycles. The van der Waals surface area contributed by atoms with Gasteiger partial charge in [-0.2, -0.15) is 5.10 Å². The third-order valence-electron chi connectivity index (χ3n) is 4.12. The van der Waals surface area contributed by atoms with Gasteiger partial charge in [0.05, 0.1) is 11.4 Å². The molecule has 4 rings (SSSR count). The van der Waals surface area contributed by atoms with Crippen molar-refractivity contribution in [2.24, 2.45) is 0 Å². The van der Waals surface area contributed by atoms with Gasteiger partial charge in [-0.1, -0.05) is 45.8 Å². The maximum absolute atomic E-state index is 14.3. The summed E-state index contributed by atoms with van der Waals surface area (Å²) in [5.74, 6) is -0.379. The summed E-state index contributed by atoms with van der Waals surface area (Å²) in [5.41, 5.74) is 4.38. The normalized spacial score (nSPS) is 11.0. The second-order valence-electron chi connectivity index (χ2n) is 5.97. The molecule has 4 aromatic rings. The van der Waals surface area contributed by atoms with Crippen LogP contribution in [-0.4, -0.2) is 20.9 Å². The fraction of sp³-hybridized carbons (Fsp3) is 0.0500. The van der Waals surface area contributed by atoms with E-state index in [0.717, 1.165) is 16.8 Å². The molecule has 0 saturated heterocycles. The number of nitrogens with zero attached hydrogens (tertiary/aromatic N) is 3. The van der Waals surface area contributed by atoms with Crippen molar-refractivity contribution in [3.63, 3.8) is 0 Å². The minimum absolute atomic E-state index is 0.302. The van der Waals surface area contributed by atoms with Gasteiger partial charge in [0.15, 0.2) is 11.9 Å². The van der Waals surface area contributed by atoms with Crippen LogP contribution in [0, 0.1) is 12.7 Å². The van der Waals surface area contributed by atoms with E-state index in [1.807, 2.05) is 31.2 Å². The summed E-state index contributed by atoms with van der Waals surface area (Å²) >= 11 is 3.25. The van der Waals surface area contributed by atoms with Crippen LogP contribution in [0.1, 0.15) is 16.1 Å². The lowest BCUT2D eigenvalue weighted by Gasteiger charge is -2.06. The number of aryl methyl sites for hydroxylation is 1. The van der Waals surface area contributed by atoms with Gasteiger partial charge >= 0.3 is 0 Å². The molecule has 2 aromatic heterocycles. The van der Waals surface area contributed by atoms with Crippen LogP contribution in [0.15, 0.2) is 59.1 Å². The van der Waals surface area contributed by atoms with E-state index in [1.54, 1.807) is 28.8 Å². The highest BCUT2D eigenvalue weighted by Crippen LogP contribution is 2.28. The summed E-state index contributed by atoms with van der Waals surface area (Å²) in [5, 5.41) is 4.53. The van der Waals surface area contributed by atoms with Crippen molar-refractivity contribution in [1.82, 2.24) is 14.6 Å².